The molecule has 3 aromatic carbocycles. The SMILES string of the molecule is C=C/C(C)=C(\C(=O)c1c(C)c(OCCC)cc2ccccc12)c1ccc(OC)cc1. The van der Waals surface area contributed by atoms with Crippen molar-refractivity contribution in [3.8, 4) is 11.5 Å². The number of hydrogen-bond donors (Lipinski definition) is 0. The largest absolute Gasteiger partial charge is 0.497 e. The average molecular weight is 401 g/mol. The van der Waals surface area contributed by atoms with Gasteiger partial charge in [-0.1, -0.05) is 56.0 Å². The summed E-state index contributed by atoms with van der Waals surface area (Å²) in [6.45, 7) is 10.5. The summed E-state index contributed by atoms with van der Waals surface area (Å²) in [6.07, 6.45) is 2.63. The van der Waals surface area contributed by atoms with E-state index in [1.807, 2.05) is 68.4 Å². The first-order valence-corrected chi connectivity index (χ1v) is 10.2. The van der Waals surface area contributed by atoms with Crippen LogP contribution in [0, 0.1) is 6.92 Å². The van der Waals surface area contributed by atoms with Gasteiger partial charge in [-0.05, 0) is 60.4 Å². The van der Waals surface area contributed by atoms with Crippen LogP contribution in [0.5, 0.6) is 11.5 Å². The van der Waals surface area contributed by atoms with Gasteiger partial charge in [-0.2, -0.15) is 0 Å². The average Bonchev–Trinajstić information content (AvgIpc) is 2.78. The zero-order chi connectivity index (χ0) is 21.7. The Hall–Kier alpha value is -3.33. The lowest BCUT2D eigenvalue weighted by Gasteiger charge is -2.18. The predicted octanol–water partition coefficient (Wildman–Crippen LogP) is 6.79. The Morgan fingerprint density at radius 1 is 1.10 bits per heavy atom. The topological polar surface area (TPSA) is 35.5 Å². The minimum atomic E-state index is -0.0341. The van der Waals surface area contributed by atoms with E-state index >= 15 is 0 Å². The maximum absolute atomic E-state index is 14.0. The number of Topliss-reactive ketones (excluding diaryl/α,β-unsaturated/α-hetero) is 1. The number of rotatable bonds is 8. The summed E-state index contributed by atoms with van der Waals surface area (Å²) >= 11 is 0. The Kier molecular flexibility index (Phi) is 6.73. The molecule has 0 heterocycles. The zero-order valence-electron chi connectivity index (χ0n) is 18.1. The van der Waals surface area contributed by atoms with Crippen LogP contribution in [0.4, 0.5) is 0 Å². The number of fused-ring (bicyclic) bond motifs is 1. The van der Waals surface area contributed by atoms with Crippen LogP contribution in [0.2, 0.25) is 0 Å². The minimum Gasteiger partial charge on any atom is -0.497 e. The third-order valence-electron chi connectivity index (χ3n) is 5.26. The van der Waals surface area contributed by atoms with Crippen LogP contribution in [0.15, 0.2) is 72.8 Å². The highest BCUT2D eigenvalue weighted by Gasteiger charge is 2.23. The third kappa shape index (κ3) is 4.16. The van der Waals surface area contributed by atoms with Crippen molar-refractivity contribution in [1.29, 1.82) is 0 Å². The van der Waals surface area contributed by atoms with Gasteiger partial charge in [0, 0.05) is 16.7 Å². The number of hydrogen-bond acceptors (Lipinski definition) is 3. The number of ether oxygens (including phenoxy) is 2. The summed E-state index contributed by atoms with van der Waals surface area (Å²) in [7, 11) is 1.63. The summed E-state index contributed by atoms with van der Waals surface area (Å²) < 4.78 is 11.3. The molecule has 0 radical (unpaired) electrons. The molecule has 0 aliphatic rings. The van der Waals surface area contributed by atoms with E-state index in [1.165, 1.54) is 0 Å². The molecule has 0 aromatic heterocycles. The summed E-state index contributed by atoms with van der Waals surface area (Å²) in [5.41, 5.74) is 3.82. The van der Waals surface area contributed by atoms with Crippen molar-refractivity contribution in [1.82, 2.24) is 0 Å². The monoisotopic (exact) mass is 400 g/mol. The van der Waals surface area contributed by atoms with Crippen molar-refractivity contribution in [2.24, 2.45) is 0 Å². The van der Waals surface area contributed by atoms with Crippen LogP contribution in [0.1, 0.15) is 41.8 Å². The molecule has 0 unspecified atom stereocenters. The van der Waals surface area contributed by atoms with Crippen LogP contribution in [0.3, 0.4) is 0 Å². The molecule has 30 heavy (non-hydrogen) atoms. The number of benzene rings is 3. The van der Waals surface area contributed by atoms with Gasteiger partial charge in [-0.25, -0.2) is 0 Å². The lowest BCUT2D eigenvalue weighted by atomic mass is 9.87. The Morgan fingerprint density at radius 3 is 2.43 bits per heavy atom. The first-order chi connectivity index (χ1) is 14.5. The van der Waals surface area contributed by atoms with E-state index in [9.17, 15) is 4.79 Å². The fourth-order valence-corrected chi connectivity index (χ4v) is 3.60. The Labute approximate surface area is 178 Å². The second kappa shape index (κ2) is 9.45. The highest BCUT2D eigenvalue weighted by Crippen LogP contribution is 2.35. The van der Waals surface area contributed by atoms with E-state index in [0.29, 0.717) is 17.7 Å². The quantitative estimate of drug-likeness (QED) is 0.237. The van der Waals surface area contributed by atoms with Crippen molar-refractivity contribution in [3.63, 3.8) is 0 Å². The van der Waals surface area contributed by atoms with E-state index < -0.39 is 0 Å². The number of carbonyl (C=O) groups is 1. The summed E-state index contributed by atoms with van der Waals surface area (Å²) in [5, 5.41) is 1.91. The fraction of sp³-hybridized carbons (Fsp3) is 0.222. The smallest absolute Gasteiger partial charge is 0.194 e. The highest BCUT2D eigenvalue weighted by atomic mass is 16.5. The number of methoxy groups -OCH3 is 1. The molecule has 0 amide bonds. The van der Waals surface area contributed by atoms with Gasteiger partial charge in [0.15, 0.2) is 5.78 Å². The van der Waals surface area contributed by atoms with Gasteiger partial charge in [0.25, 0.3) is 0 Å². The fourth-order valence-electron chi connectivity index (χ4n) is 3.60. The van der Waals surface area contributed by atoms with E-state index in [2.05, 4.69) is 13.5 Å². The van der Waals surface area contributed by atoms with Gasteiger partial charge in [-0.3, -0.25) is 4.79 Å². The molecule has 0 spiro atoms. The predicted molar refractivity (Wildman–Crippen MR) is 125 cm³/mol. The van der Waals surface area contributed by atoms with Crippen LogP contribution in [-0.4, -0.2) is 19.5 Å². The Morgan fingerprint density at radius 2 is 1.80 bits per heavy atom. The molecule has 3 heteroatoms. The summed E-state index contributed by atoms with van der Waals surface area (Å²) in [4.78, 5) is 14.0. The van der Waals surface area contributed by atoms with Crippen LogP contribution >= 0.6 is 0 Å². The standard InChI is InChI=1S/C27H28O3/c1-6-16-30-24-17-21-10-8-9-11-23(21)26(19(24)4)27(28)25(18(3)7-2)20-12-14-22(29-5)15-13-20/h7-15,17H,2,6,16H2,1,3-5H3/b25-18-. The van der Waals surface area contributed by atoms with Crippen molar-refractivity contribution in [2.45, 2.75) is 27.2 Å². The van der Waals surface area contributed by atoms with E-state index in [-0.39, 0.29) is 5.78 Å². The number of carbonyl (C=O) groups excluding carboxylic acids is 1. The molecule has 0 aliphatic heterocycles. The van der Waals surface area contributed by atoms with E-state index in [1.54, 1.807) is 13.2 Å². The molecule has 3 rings (SSSR count). The highest BCUT2D eigenvalue weighted by molar-refractivity contribution is 6.33. The maximum atomic E-state index is 14.0. The molecular formula is C27H28O3. The van der Waals surface area contributed by atoms with Crippen LogP contribution < -0.4 is 9.47 Å². The van der Waals surface area contributed by atoms with Gasteiger partial charge in [0.2, 0.25) is 0 Å². The van der Waals surface area contributed by atoms with Crippen LogP contribution in [-0.2, 0) is 0 Å². The van der Waals surface area contributed by atoms with Crippen molar-refractivity contribution in [3.05, 3.63) is 89.5 Å². The normalized spacial score (nSPS) is 11.7. The van der Waals surface area contributed by atoms with Crippen molar-refractivity contribution in [2.75, 3.05) is 13.7 Å². The molecule has 154 valence electrons. The Balaban J connectivity index is 2.24. The first-order valence-electron chi connectivity index (χ1n) is 10.2. The molecule has 0 atom stereocenters. The number of ketones is 1. The molecule has 3 aromatic rings. The molecule has 0 bridgehead atoms. The van der Waals surface area contributed by atoms with Gasteiger partial charge in [0.05, 0.1) is 13.7 Å². The summed E-state index contributed by atoms with van der Waals surface area (Å²) in [6, 6.07) is 17.5. The Bertz CT molecular complexity index is 1100. The molecule has 0 aliphatic carbocycles. The molecule has 3 nitrogen and oxygen atoms in total. The lowest BCUT2D eigenvalue weighted by Crippen LogP contribution is -2.09. The van der Waals surface area contributed by atoms with Gasteiger partial charge < -0.3 is 9.47 Å². The summed E-state index contributed by atoms with van der Waals surface area (Å²) in [5.74, 6) is 1.47. The second-order valence-corrected chi connectivity index (χ2v) is 7.26. The molecular weight excluding hydrogens is 372 g/mol. The molecule has 0 N–H and O–H groups in total. The third-order valence-corrected chi connectivity index (χ3v) is 5.26. The van der Waals surface area contributed by atoms with Gasteiger partial charge in [-0.15, -0.1) is 0 Å². The first kappa shape index (κ1) is 21.4. The minimum absolute atomic E-state index is 0.0341. The van der Waals surface area contributed by atoms with Crippen molar-refractivity contribution >= 4 is 22.1 Å². The lowest BCUT2D eigenvalue weighted by molar-refractivity contribution is 0.105. The molecule has 0 saturated heterocycles. The van der Waals surface area contributed by atoms with E-state index in [0.717, 1.165) is 45.4 Å². The van der Waals surface area contributed by atoms with Gasteiger partial charge >= 0.3 is 0 Å². The maximum Gasteiger partial charge on any atom is 0.194 e. The number of allylic oxidation sites excluding steroid dienone is 3. The van der Waals surface area contributed by atoms with Crippen molar-refractivity contribution < 1.29 is 14.3 Å². The van der Waals surface area contributed by atoms with Gasteiger partial charge in [0.1, 0.15) is 11.5 Å². The van der Waals surface area contributed by atoms with E-state index in [4.69, 9.17) is 9.47 Å². The molecule has 0 fully saturated rings. The second-order valence-electron chi connectivity index (χ2n) is 7.26. The van der Waals surface area contributed by atoms with Crippen LogP contribution in [0.25, 0.3) is 16.3 Å². The zero-order valence-corrected chi connectivity index (χ0v) is 18.1. The molecule has 0 saturated carbocycles.